The molecule has 0 saturated carbocycles. The van der Waals surface area contributed by atoms with Crippen LogP contribution in [-0.4, -0.2) is 10.4 Å². The third-order valence-electron chi connectivity index (χ3n) is 1.69. The van der Waals surface area contributed by atoms with Crippen LogP contribution in [0.3, 0.4) is 0 Å². The number of hydrogen-bond donors (Lipinski definition) is 4. The maximum atomic E-state index is 9.65. The average molecular weight is 356 g/mol. The van der Waals surface area contributed by atoms with Crippen molar-refractivity contribution in [2.45, 2.75) is 34.6 Å². The van der Waals surface area contributed by atoms with Crippen molar-refractivity contribution >= 4 is 10.1 Å². The molecule has 0 aliphatic carbocycles. The predicted octanol–water partition coefficient (Wildman–Crippen LogP) is 3.49. The summed E-state index contributed by atoms with van der Waals surface area (Å²) >= 11 is 3.03. The molecular formula is C10H21ClCoN4O4. The monoisotopic (exact) mass is 355 g/mol. The van der Waals surface area contributed by atoms with Gasteiger partial charge in [0.1, 0.15) is 11.4 Å². The van der Waals surface area contributed by atoms with Crippen molar-refractivity contribution in [3.8, 4) is 0 Å². The van der Waals surface area contributed by atoms with Crippen LogP contribution >= 0.6 is 10.1 Å². The molecule has 20 heavy (non-hydrogen) atoms. The molecule has 0 heterocycles. The van der Waals surface area contributed by atoms with Crippen LogP contribution in [0.5, 0.6) is 0 Å². The summed E-state index contributed by atoms with van der Waals surface area (Å²) in [7, 11) is 4.33. The number of rotatable bonds is 4. The van der Waals surface area contributed by atoms with Crippen LogP contribution in [0.2, 0.25) is 0 Å². The van der Waals surface area contributed by atoms with E-state index in [1.807, 2.05) is 0 Å². The molecule has 0 bridgehead atoms. The molecule has 0 aliphatic rings. The van der Waals surface area contributed by atoms with Gasteiger partial charge >= 0.3 is 25.0 Å². The van der Waals surface area contributed by atoms with Gasteiger partial charge in [0.05, 0.1) is 11.4 Å². The molecular weight excluding hydrogens is 335 g/mol. The van der Waals surface area contributed by atoms with Gasteiger partial charge in [-0.3, -0.25) is 21.4 Å². The van der Waals surface area contributed by atoms with Crippen molar-refractivity contribution in [2.24, 2.45) is 10.4 Å². The molecule has 0 aromatic heterocycles. The quantitative estimate of drug-likeness (QED) is 0.347. The molecule has 0 aromatic rings. The summed E-state index contributed by atoms with van der Waals surface area (Å²) in [4.78, 5) is 19.3. The van der Waals surface area contributed by atoms with E-state index in [0.717, 1.165) is 0 Å². The molecule has 0 atom stereocenters. The van der Waals surface area contributed by atoms with Crippen molar-refractivity contribution < 1.29 is 25.3 Å². The Labute approximate surface area is 131 Å². The molecule has 0 rings (SSSR count). The third kappa shape index (κ3) is 19.3. The number of hydroxylamine groups is 2. The molecule has 0 saturated heterocycles. The summed E-state index contributed by atoms with van der Waals surface area (Å²) in [5.41, 5.74) is 4.87. The van der Waals surface area contributed by atoms with Crippen molar-refractivity contribution in [1.29, 1.82) is 0 Å². The van der Waals surface area contributed by atoms with E-state index in [1.165, 1.54) is 13.8 Å². The topological polar surface area (TPSA) is 123 Å². The molecule has 0 fully saturated rings. The summed E-state index contributed by atoms with van der Waals surface area (Å²) in [5.74, 6) is 0. The van der Waals surface area contributed by atoms with Gasteiger partial charge in [0.25, 0.3) is 0 Å². The van der Waals surface area contributed by atoms with Crippen LogP contribution in [0.4, 0.5) is 0 Å². The van der Waals surface area contributed by atoms with E-state index in [0.29, 0.717) is 11.4 Å². The first kappa shape index (κ1) is 27.4. The predicted molar refractivity (Wildman–Crippen MR) is 75.1 cm³/mol. The third-order valence-corrected chi connectivity index (χ3v) is 1.69. The summed E-state index contributed by atoms with van der Waals surface area (Å²) < 4.78 is 0. The number of allylic oxidation sites excluding steroid dienone is 4. The molecule has 121 valence electrons. The number of nitrogens with one attached hydrogen (secondary N) is 2. The molecule has 0 spiro atoms. The summed E-state index contributed by atoms with van der Waals surface area (Å²) in [6.45, 7) is 11.1. The van der Waals surface area contributed by atoms with Gasteiger partial charge in [-0.15, -0.1) is 9.81 Å². The molecule has 4 N–H and O–H groups in total. The zero-order valence-electron chi connectivity index (χ0n) is 12.0. The van der Waals surface area contributed by atoms with Crippen molar-refractivity contribution in [3.05, 3.63) is 39.5 Å². The fourth-order valence-corrected chi connectivity index (χ4v) is 0.299. The SMILES string of the molecule is C/C(N=O)=C(\C)NO.C/C(N=O)=C(\C)NO.[CH2-]C.[Cl][Co+]. The van der Waals surface area contributed by atoms with Gasteiger partial charge < -0.3 is 6.92 Å². The fraction of sp³-hybridized carbons (Fsp3) is 0.500. The van der Waals surface area contributed by atoms with Gasteiger partial charge in [-0.1, -0.05) is 0 Å². The molecule has 0 aromatic carbocycles. The molecule has 0 aliphatic heterocycles. The Kier molecular flexibility index (Phi) is 31.6. The Morgan fingerprint density at radius 2 is 1.10 bits per heavy atom. The summed E-state index contributed by atoms with van der Waals surface area (Å²) in [5, 5.41) is 21.4. The van der Waals surface area contributed by atoms with E-state index in [4.69, 9.17) is 10.4 Å². The standard InChI is InChI=1S/2C4H8N2O2.C2H5.ClH.Co/c2*1-3(5-7)4(2)6-8;1-2;;/h2*5,7H,1-2H3;1H2,2H3;1H;/q;;-1;;+2/p-1/b2*4-3-;;;. The van der Waals surface area contributed by atoms with Gasteiger partial charge in [-0.25, -0.2) is 0 Å². The van der Waals surface area contributed by atoms with Gasteiger partial charge in [-0.05, 0) is 38.0 Å². The Morgan fingerprint density at radius 1 is 0.900 bits per heavy atom. The van der Waals surface area contributed by atoms with Crippen LogP contribution in [-0.2, 0) is 14.8 Å². The van der Waals surface area contributed by atoms with Crippen LogP contribution < -0.4 is 11.0 Å². The summed E-state index contributed by atoms with van der Waals surface area (Å²) in [6, 6.07) is 0. The molecule has 0 unspecified atom stereocenters. The van der Waals surface area contributed by atoms with Gasteiger partial charge in [0.15, 0.2) is 0 Å². The Hall–Kier alpha value is -1.00. The number of nitrogens with zero attached hydrogens (tertiary/aromatic N) is 2. The summed E-state index contributed by atoms with van der Waals surface area (Å²) in [6.07, 6.45) is 0. The zero-order valence-corrected chi connectivity index (χ0v) is 13.8. The van der Waals surface area contributed by atoms with E-state index < -0.39 is 0 Å². The Balaban J connectivity index is -0.000000102. The molecule has 10 heteroatoms. The number of hydrogen-bond acceptors (Lipinski definition) is 8. The van der Waals surface area contributed by atoms with Crippen LogP contribution in [0.15, 0.2) is 33.1 Å². The van der Waals surface area contributed by atoms with Crippen molar-refractivity contribution in [1.82, 2.24) is 11.0 Å². The van der Waals surface area contributed by atoms with Crippen molar-refractivity contribution in [2.75, 3.05) is 0 Å². The first-order chi connectivity index (χ1) is 9.44. The zero-order chi connectivity index (χ0) is 17.1. The minimum atomic E-state index is 0.257. The van der Waals surface area contributed by atoms with E-state index in [2.05, 4.69) is 42.3 Å². The first-order valence-corrected chi connectivity index (χ1v) is 6.53. The van der Waals surface area contributed by atoms with Crippen LogP contribution in [0, 0.1) is 16.7 Å². The van der Waals surface area contributed by atoms with E-state index in [1.54, 1.807) is 31.7 Å². The number of halogens is 1. The molecule has 8 nitrogen and oxygen atoms in total. The fourth-order valence-electron chi connectivity index (χ4n) is 0.299. The average Bonchev–Trinajstić information content (AvgIpc) is 2.55. The van der Waals surface area contributed by atoms with E-state index in [-0.39, 0.29) is 11.4 Å². The minimum absolute atomic E-state index is 0.257. The molecule has 0 radical (unpaired) electrons. The van der Waals surface area contributed by atoms with Gasteiger partial charge in [0.2, 0.25) is 0 Å². The molecule has 0 amide bonds. The van der Waals surface area contributed by atoms with Gasteiger partial charge in [0, 0.05) is 0 Å². The Bertz CT molecular complexity index is 282. The Morgan fingerprint density at radius 3 is 1.15 bits per heavy atom. The second kappa shape index (κ2) is 23.1. The maximum absolute atomic E-state index is 9.65. The van der Waals surface area contributed by atoms with Gasteiger partial charge in [-0.2, -0.15) is 6.92 Å². The van der Waals surface area contributed by atoms with Crippen LogP contribution in [0.1, 0.15) is 34.6 Å². The normalized spacial score (nSPS) is 10.5. The van der Waals surface area contributed by atoms with Crippen molar-refractivity contribution in [3.63, 3.8) is 0 Å². The second-order valence-corrected chi connectivity index (χ2v) is 2.83. The van der Waals surface area contributed by atoms with Crippen LogP contribution in [0.25, 0.3) is 0 Å². The van der Waals surface area contributed by atoms with E-state index >= 15 is 0 Å². The van der Waals surface area contributed by atoms with E-state index in [9.17, 15) is 9.81 Å². The number of nitroso groups, excluding NO2 is 2. The first-order valence-electron chi connectivity index (χ1n) is 5.09. The second-order valence-electron chi connectivity index (χ2n) is 2.83.